The van der Waals surface area contributed by atoms with Crippen molar-refractivity contribution in [2.24, 2.45) is 0 Å². The Morgan fingerprint density at radius 2 is 1.95 bits per heavy atom. The first-order chi connectivity index (χ1) is 10.1. The zero-order valence-electron chi connectivity index (χ0n) is 11.8. The van der Waals surface area contributed by atoms with Crippen LogP contribution in [0.2, 0.25) is 0 Å². The highest BCUT2D eigenvalue weighted by Gasteiger charge is 1.98. The fraction of sp³-hybridized carbons (Fsp3) is 0.167. The van der Waals surface area contributed by atoms with Crippen LogP contribution < -0.4 is 5.32 Å². The number of halogens is 1. The molecule has 2 aromatic carbocycles. The molecule has 0 heterocycles. The van der Waals surface area contributed by atoms with E-state index in [4.69, 9.17) is 0 Å². The van der Waals surface area contributed by atoms with Gasteiger partial charge in [0.05, 0.1) is 0 Å². The molecule has 3 heteroatoms. The van der Waals surface area contributed by atoms with Crippen LogP contribution in [0.4, 0.5) is 4.39 Å². The Balaban J connectivity index is 1.85. The van der Waals surface area contributed by atoms with Crippen LogP contribution in [0.15, 0.2) is 48.5 Å². The molecule has 0 saturated carbocycles. The molecule has 1 amide bonds. The number of hydrogen-bond acceptors (Lipinski definition) is 1. The molecule has 0 saturated heterocycles. The van der Waals surface area contributed by atoms with Crippen LogP contribution in [0.1, 0.15) is 16.7 Å². The Kier molecular flexibility index (Phi) is 5.11. The quantitative estimate of drug-likeness (QED) is 0.861. The van der Waals surface area contributed by atoms with Crippen molar-refractivity contribution >= 4 is 5.91 Å². The van der Waals surface area contributed by atoms with Gasteiger partial charge in [-0.3, -0.25) is 4.79 Å². The van der Waals surface area contributed by atoms with Gasteiger partial charge in [-0.05, 0) is 42.7 Å². The summed E-state index contributed by atoms with van der Waals surface area (Å²) in [5.41, 5.74) is 2.32. The van der Waals surface area contributed by atoms with Gasteiger partial charge in [0, 0.05) is 18.0 Å². The molecule has 21 heavy (non-hydrogen) atoms. The summed E-state index contributed by atoms with van der Waals surface area (Å²) in [4.78, 5) is 11.6. The molecule has 106 valence electrons. The standard InChI is InChI=1S/C18H16FNO/c1-14-13-16(7-9-17(14)19)8-10-18(21)20-12-11-15-5-3-2-4-6-15/h2-7,9,13H,11-12H2,1H3,(H,20,21). The number of carbonyl (C=O) groups excluding carboxylic acids is 1. The zero-order valence-corrected chi connectivity index (χ0v) is 11.8. The number of benzene rings is 2. The van der Waals surface area contributed by atoms with E-state index in [0.29, 0.717) is 17.7 Å². The van der Waals surface area contributed by atoms with Gasteiger partial charge in [0.2, 0.25) is 0 Å². The van der Waals surface area contributed by atoms with Crippen LogP contribution in [-0.4, -0.2) is 12.5 Å². The fourth-order valence-corrected chi connectivity index (χ4v) is 1.86. The summed E-state index contributed by atoms with van der Waals surface area (Å²) in [5.74, 6) is 4.65. The Hall–Kier alpha value is -2.60. The molecule has 0 spiro atoms. The Morgan fingerprint density at radius 1 is 1.19 bits per heavy atom. The van der Waals surface area contributed by atoms with E-state index < -0.39 is 0 Å². The zero-order chi connectivity index (χ0) is 15.1. The number of amides is 1. The molecule has 0 bridgehead atoms. The molecular weight excluding hydrogens is 265 g/mol. The molecule has 0 aliphatic heterocycles. The molecule has 1 N–H and O–H groups in total. The highest BCUT2D eigenvalue weighted by molar-refractivity contribution is 5.94. The summed E-state index contributed by atoms with van der Waals surface area (Å²) in [5, 5.41) is 2.74. The normalized spacial score (nSPS) is 9.62. The lowest BCUT2D eigenvalue weighted by atomic mass is 10.1. The molecule has 0 fully saturated rings. The van der Waals surface area contributed by atoms with Crippen LogP contribution in [0.3, 0.4) is 0 Å². The number of hydrogen-bond donors (Lipinski definition) is 1. The van der Waals surface area contributed by atoms with Gasteiger partial charge in [0.25, 0.3) is 5.91 Å². The molecule has 0 radical (unpaired) electrons. The Labute approximate surface area is 124 Å². The number of carbonyl (C=O) groups is 1. The average Bonchev–Trinajstić information content (AvgIpc) is 2.49. The molecule has 0 atom stereocenters. The SMILES string of the molecule is Cc1cc(C#CC(=O)NCCc2ccccc2)ccc1F. The molecule has 2 rings (SSSR count). The second kappa shape index (κ2) is 7.25. The van der Waals surface area contributed by atoms with Crippen molar-refractivity contribution in [3.63, 3.8) is 0 Å². The first-order valence-corrected chi connectivity index (χ1v) is 6.75. The van der Waals surface area contributed by atoms with Gasteiger partial charge in [-0.2, -0.15) is 0 Å². The first kappa shape index (κ1) is 14.8. The van der Waals surface area contributed by atoms with E-state index in [-0.39, 0.29) is 11.7 Å². The van der Waals surface area contributed by atoms with Gasteiger partial charge in [0.1, 0.15) is 5.82 Å². The summed E-state index contributed by atoms with van der Waals surface area (Å²) in [6.07, 6.45) is 0.768. The third-order valence-electron chi connectivity index (χ3n) is 3.02. The molecule has 0 unspecified atom stereocenters. The van der Waals surface area contributed by atoms with Crippen LogP contribution >= 0.6 is 0 Å². The maximum atomic E-state index is 13.1. The van der Waals surface area contributed by atoms with Crippen molar-refractivity contribution in [1.29, 1.82) is 0 Å². The highest BCUT2D eigenvalue weighted by atomic mass is 19.1. The summed E-state index contributed by atoms with van der Waals surface area (Å²) in [6, 6.07) is 14.5. The van der Waals surface area contributed by atoms with Gasteiger partial charge < -0.3 is 5.32 Å². The molecule has 0 aliphatic rings. The summed E-state index contributed by atoms with van der Waals surface area (Å²) in [7, 11) is 0. The molecule has 2 nitrogen and oxygen atoms in total. The minimum atomic E-state index is -0.326. The molecule has 2 aromatic rings. The van der Waals surface area contributed by atoms with Crippen molar-refractivity contribution in [3.8, 4) is 11.8 Å². The third-order valence-corrected chi connectivity index (χ3v) is 3.02. The van der Waals surface area contributed by atoms with Crippen molar-refractivity contribution in [2.75, 3.05) is 6.54 Å². The van der Waals surface area contributed by atoms with Gasteiger partial charge in [-0.1, -0.05) is 36.3 Å². The minimum Gasteiger partial charge on any atom is -0.345 e. The van der Waals surface area contributed by atoms with Crippen molar-refractivity contribution < 1.29 is 9.18 Å². The predicted molar refractivity (Wildman–Crippen MR) is 81.2 cm³/mol. The maximum absolute atomic E-state index is 13.1. The topological polar surface area (TPSA) is 29.1 Å². The fourth-order valence-electron chi connectivity index (χ4n) is 1.86. The second-order valence-corrected chi connectivity index (χ2v) is 4.71. The summed E-state index contributed by atoms with van der Waals surface area (Å²) < 4.78 is 13.1. The lowest BCUT2D eigenvalue weighted by Crippen LogP contribution is -2.23. The highest BCUT2D eigenvalue weighted by Crippen LogP contribution is 2.07. The van der Waals surface area contributed by atoms with E-state index >= 15 is 0 Å². The summed E-state index contributed by atoms with van der Waals surface area (Å²) >= 11 is 0. The minimum absolute atomic E-state index is 0.270. The van der Waals surface area contributed by atoms with E-state index in [0.717, 1.165) is 6.42 Å². The Bertz CT molecular complexity index is 683. The monoisotopic (exact) mass is 281 g/mol. The van der Waals surface area contributed by atoms with Crippen LogP contribution in [-0.2, 0) is 11.2 Å². The second-order valence-electron chi connectivity index (χ2n) is 4.71. The van der Waals surface area contributed by atoms with E-state index in [1.165, 1.54) is 11.6 Å². The maximum Gasteiger partial charge on any atom is 0.296 e. The number of nitrogens with one attached hydrogen (secondary N) is 1. The van der Waals surface area contributed by atoms with Gasteiger partial charge in [0.15, 0.2) is 0 Å². The van der Waals surface area contributed by atoms with Crippen molar-refractivity contribution in [3.05, 3.63) is 71.0 Å². The van der Waals surface area contributed by atoms with Crippen LogP contribution in [0.25, 0.3) is 0 Å². The third kappa shape index (κ3) is 4.77. The van der Waals surface area contributed by atoms with Gasteiger partial charge in [-0.25, -0.2) is 4.39 Å². The predicted octanol–water partition coefficient (Wildman–Crippen LogP) is 2.84. The number of rotatable bonds is 3. The first-order valence-electron chi connectivity index (χ1n) is 6.75. The number of aryl methyl sites for hydroxylation is 1. The van der Waals surface area contributed by atoms with Gasteiger partial charge >= 0.3 is 0 Å². The van der Waals surface area contributed by atoms with E-state index in [9.17, 15) is 9.18 Å². The van der Waals surface area contributed by atoms with E-state index in [1.54, 1.807) is 19.1 Å². The summed E-state index contributed by atoms with van der Waals surface area (Å²) in [6.45, 7) is 2.21. The average molecular weight is 281 g/mol. The largest absolute Gasteiger partial charge is 0.345 e. The van der Waals surface area contributed by atoms with Crippen LogP contribution in [0, 0.1) is 24.6 Å². The molecular formula is C18H16FNO. The lowest BCUT2D eigenvalue weighted by Gasteiger charge is -2.01. The lowest BCUT2D eigenvalue weighted by molar-refractivity contribution is -0.115. The van der Waals surface area contributed by atoms with Crippen LogP contribution in [0.5, 0.6) is 0 Å². The van der Waals surface area contributed by atoms with E-state index in [2.05, 4.69) is 17.2 Å². The molecule has 0 aliphatic carbocycles. The van der Waals surface area contributed by atoms with Gasteiger partial charge in [-0.15, -0.1) is 0 Å². The molecule has 0 aromatic heterocycles. The Morgan fingerprint density at radius 3 is 2.67 bits per heavy atom. The smallest absolute Gasteiger partial charge is 0.296 e. The van der Waals surface area contributed by atoms with Crippen molar-refractivity contribution in [2.45, 2.75) is 13.3 Å². The van der Waals surface area contributed by atoms with Crippen molar-refractivity contribution in [1.82, 2.24) is 5.32 Å². The van der Waals surface area contributed by atoms with E-state index in [1.807, 2.05) is 30.3 Å².